The van der Waals surface area contributed by atoms with Gasteiger partial charge in [0, 0.05) is 23.7 Å². The summed E-state index contributed by atoms with van der Waals surface area (Å²) >= 11 is 0. The molecule has 1 fully saturated rings. The van der Waals surface area contributed by atoms with Gasteiger partial charge in [-0.05, 0) is 56.2 Å². The van der Waals surface area contributed by atoms with Gasteiger partial charge in [0.1, 0.15) is 42.1 Å². The van der Waals surface area contributed by atoms with Crippen LogP contribution in [0, 0.1) is 12.7 Å². The molecule has 0 spiro atoms. The van der Waals surface area contributed by atoms with Crippen LogP contribution >= 0.6 is 0 Å². The lowest BCUT2D eigenvalue weighted by molar-refractivity contribution is -0.231. The summed E-state index contributed by atoms with van der Waals surface area (Å²) in [6.45, 7) is 5.49. The van der Waals surface area contributed by atoms with Crippen LogP contribution in [-0.4, -0.2) is 62.1 Å². The highest BCUT2D eigenvalue weighted by atomic mass is 19.1. The van der Waals surface area contributed by atoms with Crippen molar-refractivity contribution in [2.24, 2.45) is 0 Å². The number of nitrogens with zero attached hydrogens (tertiary/aromatic N) is 1. The molecule has 3 aromatic rings. The number of aromatic nitrogens is 1. The standard InChI is InChI=1S/C25H30FNO6/c1-13(2)32-16-6-4-15(5-7-16)10-27-11-18(17-8-14(3)9-19(26)21(17)27)25-24(31)23(30)22(29)20(12-28)33-25/h4-9,11,13,20,22-25,28-31H,10,12H2,1-3H3/t20-,22-,23+,24-,25+/m1/s1. The highest BCUT2D eigenvalue weighted by Crippen LogP contribution is 2.38. The van der Waals surface area contributed by atoms with Crippen molar-refractivity contribution in [1.29, 1.82) is 0 Å². The first-order valence-electron chi connectivity index (χ1n) is 11.0. The maximum absolute atomic E-state index is 15.1. The number of halogens is 1. The molecule has 4 rings (SSSR count). The van der Waals surface area contributed by atoms with E-state index in [0.717, 1.165) is 11.3 Å². The van der Waals surface area contributed by atoms with Crippen LogP contribution in [-0.2, 0) is 11.3 Å². The normalized spacial score (nSPS) is 25.7. The molecule has 33 heavy (non-hydrogen) atoms. The number of aryl methyl sites for hydroxylation is 1. The molecule has 0 radical (unpaired) electrons. The molecule has 5 atom stereocenters. The van der Waals surface area contributed by atoms with Gasteiger partial charge in [0.15, 0.2) is 0 Å². The van der Waals surface area contributed by atoms with Crippen LogP contribution in [0.2, 0.25) is 0 Å². The van der Waals surface area contributed by atoms with Crippen molar-refractivity contribution in [3.8, 4) is 5.75 Å². The molecule has 2 heterocycles. The number of rotatable bonds is 6. The highest BCUT2D eigenvalue weighted by molar-refractivity contribution is 5.86. The number of fused-ring (bicyclic) bond motifs is 1. The third kappa shape index (κ3) is 4.62. The van der Waals surface area contributed by atoms with Crippen molar-refractivity contribution in [1.82, 2.24) is 4.57 Å². The van der Waals surface area contributed by atoms with E-state index < -0.39 is 42.9 Å². The monoisotopic (exact) mass is 459 g/mol. The SMILES string of the molecule is Cc1cc(F)c2c(c1)c([C@@H]1O[C@H](CO)[C@@H](O)[C@H](O)[C@H]1O)cn2Cc1ccc(OC(C)C)cc1. The fourth-order valence-electron chi connectivity index (χ4n) is 4.40. The summed E-state index contributed by atoms with van der Waals surface area (Å²) in [6, 6.07) is 10.8. The smallest absolute Gasteiger partial charge is 0.147 e. The first-order chi connectivity index (χ1) is 15.7. The number of aliphatic hydroxyl groups excluding tert-OH is 4. The van der Waals surface area contributed by atoms with Crippen molar-refractivity contribution in [3.63, 3.8) is 0 Å². The van der Waals surface area contributed by atoms with Crippen molar-refractivity contribution >= 4 is 10.9 Å². The van der Waals surface area contributed by atoms with Crippen LogP contribution in [0.1, 0.15) is 36.6 Å². The lowest BCUT2D eigenvalue weighted by atomic mass is 9.91. The van der Waals surface area contributed by atoms with Gasteiger partial charge in [-0.2, -0.15) is 0 Å². The fraction of sp³-hybridized carbons (Fsp3) is 0.440. The average Bonchev–Trinajstić information content (AvgIpc) is 3.11. The summed E-state index contributed by atoms with van der Waals surface area (Å²) in [5.41, 5.74) is 2.43. The molecule has 1 aliphatic heterocycles. The highest BCUT2D eigenvalue weighted by Gasteiger charge is 2.45. The van der Waals surface area contributed by atoms with Crippen LogP contribution in [0.25, 0.3) is 10.9 Å². The zero-order chi connectivity index (χ0) is 23.9. The molecule has 0 unspecified atom stereocenters. The van der Waals surface area contributed by atoms with Gasteiger partial charge < -0.3 is 34.5 Å². The van der Waals surface area contributed by atoms with Gasteiger partial charge >= 0.3 is 0 Å². The third-order valence-corrected chi connectivity index (χ3v) is 5.95. The minimum atomic E-state index is -1.51. The predicted octanol–water partition coefficient (Wildman–Crippen LogP) is 2.44. The van der Waals surface area contributed by atoms with Gasteiger partial charge in [-0.1, -0.05) is 12.1 Å². The third-order valence-electron chi connectivity index (χ3n) is 5.95. The minimum Gasteiger partial charge on any atom is -0.491 e. The summed E-state index contributed by atoms with van der Waals surface area (Å²) in [4.78, 5) is 0. The summed E-state index contributed by atoms with van der Waals surface area (Å²) in [5.74, 6) is 0.329. The molecular formula is C25H30FNO6. The van der Waals surface area contributed by atoms with Gasteiger partial charge in [-0.25, -0.2) is 4.39 Å². The average molecular weight is 460 g/mol. The van der Waals surface area contributed by atoms with Crippen LogP contribution in [0.5, 0.6) is 5.75 Å². The number of hydrogen-bond acceptors (Lipinski definition) is 6. The molecular weight excluding hydrogens is 429 g/mol. The maximum atomic E-state index is 15.1. The van der Waals surface area contributed by atoms with Crippen molar-refractivity contribution in [2.75, 3.05) is 6.61 Å². The molecule has 1 aliphatic rings. The zero-order valence-corrected chi connectivity index (χ0v) is 18.9. The van der Waals surface area contributed by atoms with Gasteiger partial charge in [0.25, 0.3) is 0 Å². The molecule has 1 aromatic heterocycles. The molecule has 2 aromatic carbocycles. The summed E-state index contributed by atoms with van der Waals surface area (Å²) < 4.78 is 28.3. The van der Waals surface area contributed by atoms with E-state index >= 15 is 4.39 Å². The molecule has 0 saturated carbocycles. The summed E-state index contributed by atoms with van der Waals surface area (Å²) in [7, 11) is 0. The lowest BCUT2D eigenvalue weighted by Gasteiger charge is -2.40. The Labute approximate surface area is 191 Å². The molecule has 8 heteroatoms. The van der Waals surface area contributed by atoms with Gasteiger partial charge in [-0.3, -0.25) is 0 Å². The number of ether oxygens (including phenoxy) is 2. The number of benzene rings is 2. The Morgan fingerprint density at radius 2 is 1.76 bits per heavy atom. The number of hydrogen-bond donors (Lipinski definition) is 4. The first-order valence-corrected chi connectivity index (χ1v) is 11.0. The van der Waals surface area contributed by atoms with E-state index in [4.69, 9.17) is 9.47 Å². The van der Waals surface area contributed by atoms with Gasteiger partial charge in [0.05, 0.1) is 18.2 Å². The topological polar surface area (TPSA) is 104 Å². The summed E-state index contributed by atoms with van der Waals surface area (Å²) in [5, 5.41) is 41.1. The minimum absolute atomic E-state index is 0.0580. The number of aliphatic hydroxyl groups is 4. The molecule has 1 saturated heterocycles. The second-order valence-corrected chi connectivity index (χ2v) is 8.92. The van der Waals surface area contributed by atoms with E-state index in [1.165, 1.54) is 6.07 Å². The van der Waals surface area contributed by atoms with E-state index in [1.807, 2.05) is 38.1 Å². The summed E-state index contributed by atoms with van der Waals surface area (Å²) in [6.07, 6.45) is -4.76. The molecule has 178 valence electrons. The Morgan fingerprint density at radius 3 is 2.39 bits per heavy atom. The fourth-order valence-corrected chi connectivity index (χ4v) is 4.40. The largest absolute Gasteiger partial charge is 0.491 e. The van der Waals surface area contributed by atoms with Gasteiger partial charge in [0.2, 0.25) is 0 Å². The van der Waals surface area contributed by atoms with E-state index in [9.17, 15) is 20.4 Å². The molecule has 4 N–H and O–H groups in total. The lowest BCUT2D eigenvalue weighted by Crippen LogP contribution is -2.55. The predicted molar refractivity (Wildman–Crippen MR) is 121 cm³/mol. The molecule has 0 bridgehead atoms. The van der Waals surface area contributed by atoms with Crippen LogP contribution in [0.15, 0.2) is 42.6 Å². The second kappa shape index (κ2) is 9.40. The second-order valence-electron chi connectivity index (χ2n) is 8.92. The Morgan fingerprint density at radius 1 is 1.06 bits per heavy atom. The van der Waals surface area contributed by atoms with E-state index in [-0.39, 0.29) is 6.10 Å². The van der Waals surface area contributed by atoms with Crippen molar-refractivity contribution in [2.45, 2.75) is 63.9 Å². The Balaban J connectivity index is 1.75. The zero-order valence-electron chi connectivity index (χ0n) is 18.9. The van der Waals surface area contributed by atoms with Crippen LogP contribution in [0.4, 0.5) is 4.39 Å². The van der Waals surface area contributed by atoms with Crippen LogP contribution < -0.4 is 4.74 Å². The van der Waals surface area contributed by atoms with Crippen molar-refractivity contribution < 1.29 is 34.3 Å². The van der Waals surface area contributed by atoms with E-state index in [0.29, 0.717) is 28.6 Å². The molecule has 0 amide bonds. The van der Waals surface area contributed by atoms with Crippen molar-refractivity contribution in [3.05, 3.63) is 65.1 Å². The van der Waals surface area contributed by atoms with Crippen LogP contribution in [0.3, 0.4) is 0 Å². The quantitative estimate of drug-likeness (QED) is 0.452. The van der Waals surface area contributed by atoms with E-state index in [1.54, 1.807) is 23.8 Å². The Kier molecular flexibility index (Phi) is 6.74. The Bertz CT molecular complexity index is 1110. The maximum Gasteiger partial charge on any atom is 0.147 e. The first kappa shape index (κ1) is 23.7. The van der Waals surface area contributed by atoms with E-state index in [2.05, 4.69) is 0 Å². The van der Waals surface area contributed by atoms with Gasteiger partial charge in [-0.15, -0.1) is 0 Å². The molecule has 0 aliphatic carbocycles. The molecule has 7 nitrogen and oxygen atoms in total. The Hall–Kier alpha value is -2.49.